The zero-order valence-electron chi connectivity index (χ0n) is 19.8. The fraction of sp³-hybridized carbons (Fsp3) is 0.320. The maximum atomic E-state index is 11.6. The Hall–Kier alpha value is -3.79. The molecule has 2 amide bonds. The van der Waals surface area contributed by atoms with Crippen LogP contribution in [0.3, 0.4) is 0 Å². The number of hydrogen-bond donors (Lipinski definition) is 3. The number of carbonyl (C=O) groups excluding carboxylic acids is 2. The van der Waals surface area contributed by atoms with Crippen LogP contribution in [-0.4, -0.2) is 43.6 Å². The van der Waals surface area contributed by atoms with Crippen LogP contribution < -0.4 is 11.1 Å². The number of rotatable bonds is 11. The van der Waals surface area contributed by atoms with Crippen molar-refractivity contribution in [3.8, 4) is 22.5 Å². The number of aromatic amines is 1. The molecule has 35 heavy (non-hydrogen) atoms. The third-order valence-corrected chi connectivity index (χ3v) is 7.00. The Morgan fingerprint density at radius 3 is 2.51 bits per heavy atom. The number of thiazole rings is 1. The van der Waals surface area contributed by atoms with Gasteiger partial charge >= 0.3 is 0 Å². The highest BCUT2D eigenvalue weighted by Crippen LogP contribution is 2.33. The van der Waals surface area contributed by atoms with Crippen molar-refractivity contribution >= 4 is 23.2 Å². The van der Waals surface area contributed by atoms with Crippen LogP contribution in [0.25, 0.3) is 22.5 Å². The third kappa shape index (κ3) is 6.02. The normalized spacial score (nSPS) is 11.9. The number of carbonyl (C=O) groups is 2. The van der Waals surface area contributed by atoms with Crippen LogP contribution >= 0.6 is 11.3 Å². The van der Waals surface area contributed by atoms with E-state index in [2.05, 4.69) is 25.4 Å². The van der Waals surface area contributed by atoms with Crippen molar-refractivity contribution < 1.29 is 9.59 Å². The molecule has 0 aliphatic carbocycles. The van der Waals surface area contributed by atoms with Gasteiger partial charge in [-0.25, -0.2) is 9.97 Å². The number of H-pyrrole nitrogens is 1. The van der Waals surface area contributed by atoms with Gasteiger partial charge in [-0.2, -0.15) is 5.10 Å². The number of primary amides is 1. The second kappa shape index (κ2) is 11.1. The van der Waals surface area contributed by atoms with Gasteiger partial charge in [0, 0.05) is 32.3 Å². The van der Waals surface area contributed by atoms with Crippen LogP contribution in [0.1, 0.15) is 58.5 Å². The zero-order chi connectivity index (χ0) is 24.8. The van der Waals surface area contributed by atoms with E-state index in [-0.39, 0.29) is 11.8 Å². The van der Waals surface area contributed by atoms with Gasteiger partial charge in [0.1, 0.15) is 15.7 Å². The number of aromatic nitrogens is 5. The first-order valence-electron chi connectivity index (χ1n) is 11.6. The molecule has 1 aromatic carbocycles. The van der Waals surface area contributed by atoms with Gasteiger partial charge < -0.3 is 16.0 Å². The van der Waals surface area contributed by atoms with Crippen molar-refractivity contribution in [3.63, 3.8) is 0 Å². The zero-order valence-corrected chi connectivity index (χ0v) is 20.6. The van der Waals surface area contributed by atoms with Crippen LogP contribution in [0.4, 0.5) is 0 Å². The molecule has 0 spiro atoms. The van der Waals surface area contributed by atoms with Crippen LogP contribution in [-0.2, 0) is 11.8 Å². The molecule has 0 radical (unpaired) electrons. The van der Waals surface area contributed by atoms with Gasteiger partial charge in [0.05, 0.1) is 29.7 Å². The summed E-state index contributed by atoms with van der Waals surface area (Å²) in [6.07, 6.45) is 9.23. The first-order chi connectivity index (χ1) is 16.9. The molecule has 0 fully saturated rings. The van der Waals surface area contributed by atoms with Gasteiger partial charge in [-0.3, -0.25) is 14.3 Å². The number of nitrogens with zero attached hydrogens (tertiary/aromatic N) is 4. The molecule has 0 bridgehead atoms. The van der Waals surface area contributed by atoms with E-state index in [9.17, 15) is 9.59 Å². The Morgan fingerprint density at radius 2 is 1.86 bits per heavy atom. The molecule has 0 aliphatic rings. The smallest absolute Gasteiger partial charge is 0.260 e. The van der Waals surface area contributed by atoms with E-state index in [0.717, 1.165) is 59.0 Å². The first kappa shape index (κ1) is 24.3. The second-order valence-electron chi connectivity index (χ2n) is 8.39. The molecule has 0 saturated heterocycles. The molecule has 10 heteroatoms. The lowest BCUT2D eigenvalue weighted by Crippen LogP contribution is -2.16. The molecule has 1 unspecified atom stereocenters. The van der Waals surface area contributed by atoms with E-state index in [1.54, 1.807) is 11.7 Å². The highest BCUT2D eigenvalue weighted by molar-refractivity contribution is 7.13. The predicted octanol–water partition coefficient (Wildman–Crippen LogP) is 3.86. The number of unbranched alkanes of at least 4 members (excludes halogenated alkanes) is 2. The fourth-order valence-corrected chi connectivity index (χ4v) is 4.83. The summed E-state index contributed by atoms with van der Waals surface area (Å²) in [5, 5.41) is 7.90. The molecule has 0 saturated carbocycles. The van der Waals surface area contributed by atoms with E-state index in [4.69, 9.17) is 5.73 Å². The van der Waals surface area contributed by atoms with E-state index in [1.807, 2.05) is 49.8 Å². The van der Waals surface area contributed by atoms with Gasteiger partial charge in [0.25, 0.3) is 5.91 Å². The Bertz CT molecular complexity index is 1290. The lowest BCUT2D eigenvalue weighted by Gasteiger charge is -2.12. The number of imidazole rings is 1. The number of hydrogen-bond acceptors (Lipinski definition) is 6. The monoisotopic (exact) mass is 491 g/mol. The van der Waals surface area contributed by atoms with E-state index in [0.29, 0.717) is 11.3 Å². The number of benzene rings is 1. The Balaban J connectivity index is 1.50. The number of nitrogens with one attached hydrogen (secondary N) is 2. The molecule has 182 valence electrons. The lowest BCUT2D eigenvalue weighted by atomic mass is 10.0. The van der Waals surface area contributed by atoms with Crippen LogP contribution in [0.5, 0.6) is 0 Å². The minimum absolute atomic E-state index is 0.0531. The number of amides is 2. The maximum Gasteiger partial charge on any atom is 0.260 e. The highest BCUT2D eigenvalue weighted by atomic mass is 32.1. The highest BCUT2D eigenvalue weighted by Gasteiger charge is 2.22. The second-order valence-corrected chi connectivity index (χ2v) is 9.45. The average Bonchev–Trinajstić information content (AvgIpc) is 3.62. The van der Waals surface area contributed by atoms with Crippen molar-refractivity contribution in [3.05, 3.63) is 64.6 Å². The standard InChI is InChI=1S/C25H29N7O2S/c1-27-22(33)7-5-3-4-6-18(25-29-15-21(35-25)23(26)34)24-28-14-20(30-24)17-10-8-16(9-11-17)19-12-13-32(2)31-19/h8-15,18H,3-7H2,1-2H3,(H2,26,34)(H,27,33)(H,28,30). The number of aryl methyl sites for hydroxylation is 1. The van der Waals surface area contributed by atoms with Gasteiger partial charge in [0.15, 0.2) is 0 Å². The molecule has 4 aromatic rings. The van der Waals surface area contributed by atoms with Crippen LogP contribution in [0.2, 0.25) is 0 Å². The lowest BCUT2D eigenvalue weighted by molar-refractivity contribution is -0.120. The Kier molecular flexibility index (Phi) is 7.71. The maximum absolute atomic E-state index is 11.6. The summed E-state index contributed by atoms with van der Waals surface area (Å²) in [5.41, 5.74) is 9.34. The van der Waals surface area contributed by atoms with Crippen molar-refractivity contribution in [1.29, 1.82) is 0 Å². The van der Waals surface area contributed by atoms with E-state index in [1.165, 1.54) is 17.5 Å². The SMILES string of the molecule is CNC(=O)CCCCCC(c1ncc(-c2ccc(-c3ccn(C)n3)cc2)[nH]1)c1ncc(C(N)=O)s1. The van der Waals surface area contributed by atoms with Crippen molar-refractivity contribution in [2.45, 2.75) is 38.0 Å². The fourth-order valence-electron chi connectivity index (χ4n) is 3.93. The van der Waals surface area contributed by atoms with Crippen LogP contribution in [0, 0.1) is 0 Å². The van der Waals surface area contributed by atoms with Crippen molar-refractivity contribution in [2.24, 2.45) is 12.8 Å². The largest absolute Gasteiger partial charge is 0.365 e. The van der Waals surface area contributed by atoms with Gasteiger partial charge in [-0.15, -0.1) is 11.3 Å². The molecular formula is C25H29N7O2S. The first-order valence-corrected chi connectivity index (χ1v) is 12.4. The Labute approximate surface area is 207 Å². The molecule has 3 aromatic heterocycles. The topological polar surface area (TPSA) is 132 Å². The van der Waals surface area contributed by atoms with E-state index >= 15 is 0 Å². The molecule has 4 rings (SSSR count). The summed E-state index contributed by atoms with van der Waals surface area (Å²) in [5.74, 6) is 0.281. The van der Waals surface area contributed by atoms with Gasteiger partial charge in [-0.05, 0) is 24.5 Å². The average molecular weight is 492 g/mol. The Morgan fingerprint density at radius 1 is 1.09 bits per heavy atom. The van der Waals surface area contributed by atoms with Gasteiger partial charge in [0.2, 0.25) is 5.91 Å². The quantitative estimate of drug-likeness (QED) is 0.274. The molecule has 9 nitrogen and oxygen atoms in total. The minimum atomic E-state index is -0.480. The summed E-state index contributed by atoms with van der Waals surface area (Å²) < 4.78 is 1.78. The summed E-state index contributed by atoms with van der Waals surface area (Å²) >= 11 is 1.30. The molecule has 4 N–H and O–H groups in total. The summed E-state index contributed by atoms with van der Waals surface area (Å²) in [4.78, 5) is 36.1. The van der Waals surface area contributed by atoms with Crippen LogP contribution in [0.15, 0.2) is 48.9 Å². The molecular weight excluding hydrogens is 462 g/mol. The summed E-state index contributed by atoms with van der Waals surface area (Å²) in [6.45, 7) is 0. The molecule has 3 heterocycles. The van der Waals surface area contributed by atoms with Crippen molar-refractivity contribution in [1.82, 2.24) is 30.0 Å². The summed E-state index contributed by atoms with van der Waals surface area (Å²) in [6, 6.07) is 10.2. The van der Waals surface area contributed by atoms with Crippen molar-refractivity contribution in [2.75, 3.05) is 7.05 Å². The minimum Gasteiger partial charge on any atom is -0.365 e. The van der Waals surface area contributed by atoms with Gasteiger partial charge in [-0.1, -0.05) is 37.1 Å². The predicted molar refractivity (Wildman–Crippen MR) is 136 cm³/mol. The summed E-state index contributed by atoms with van der Waals surface area (Å²) in [7, 11) is 3.55. The third-order valence-electron chi connectivity index (χ3n) is 5.87. The number of nitrogens with two attached hydrogens (primary N) is 1. The molecule has 0 aliphatic heterocycles. The van der Waals surface area contributed by atoms with E-state index < -0.39 is 5.91 Å². The molecule has 1 atom stereocenters.